The molecule has 0 bridgehead atoms. The third-order valence-electron chi connectivity index (χ3n) is 2.95. The Labute approximate surface area is 94.3 Å². The van der Waals surface area contributed by atoms with Crippen molar-refractivity contribution in [2.45, 2.75) is 20.3 Å². The van der Waals surface area contributed by atoms with E-state index in [1.54, 1.807) is 0 Å². The first-order chi connectivity index (χ1) is 7.61. The number of nitrogens with two attached hydrogens (primary N) is 1. The third kappa shape index (κ3) is 1.86. The molecule has 0 aliphatic heterocycles. The maximum absolute atomic E-state index is 11.7. The standard InChI is InChI=1S/C13H16N2O/c1-8-5-11-7-10(3-4-14)13(16)15-12(11)6-9(8)2/h5-7H,3-4,14H2,1-2H3,(H,15,16). The number of nitrogens with one attached hydrogen (secondary N) is 1. The Kier molecular flexibility index (Phi) is 2.79. The lowest BCUT2D eigenvalue weighted by Gasteiger charge is -2.05. The van der Waals surface area contributed by atoms with E-state index in [2.05, 4.69) is 18.0 Å². The Morgan fingerprint density at radius 2 is 1.88 bits per heavy atom. The largest absolute Gasteiger partial charge is 0.330 e. The van der Waals surface area contributed by atoms with Crippen LogP contribution in [0.1, 0.15) is 16.7 Å². The van der Waals surface area contributed by atoms with E-state index in [9.17, 15) is 4.79 Å². The number of benzene rings is 1. The Bertz CT molecular complexity index is 584. The number of H-pyrrole nitrogens is 1. The number of rotatable bonds is 2. The predicted molar refractivity (Wildman–Crippen MR) is 66.8 cm³/mol. The van der Waals surface area contributed by atoms with Crippen LogP contribution < -0.4 is 11.3 Å². The molecule has 1 aromatic heterocycles. The summed E-state index contributed by atoms with van der Waals surface area (Å²) in [6, 6.07) is 6.05. The quantitative estimate of drug-likeness (QED) is 0.801. The molecule has 0 radical (unpaired) electrons. The lowest BCUT2D eigenvalue weighted by atomic mass is 10.0. The highest BCUT2D eigenvalue weighted by Crippen LogP contribution is 2.17. The maximum atomic E-state index is 11.7. The van der Waals surface area contributed by atoms with E-state index in [1.807, 2.05) is 19.1 Å². The Hall–Kier alpha value is -1.61. The van der Waals surface area contributed by atoms with Crippen LogP contribution in [-0.2, 0) is 6.42 Å². The molecule has 0 aliphatic rings. The highest BCUT2D eigenvalue weighted by atomic mass is 16.1. The summed E-state index contributed by atoms with van der Waals surface area (Å²) in [6.07, 6.45) is 0.623. The summed E-state index contributed by atoms with van der Waals surface area (Å²) < 4.78 is 0. The highest BCUT2D eigenvalue weighted by molar-refractivity contribution is 5.80. The van der Waals surface area contributed by atoms with Crippen molar-refractivity contribution in [1.29, 1.82) is 0 Å². The summed E-state index contributed by atoms with van der Waals surface area (Å²) in [4.78, 5) is 14.6. The molecular formula is C13H16N2O. The van der Waals surface area contributed by atoms with Crippen molar-refractivity contribution in [3.05, 3.63) is 45.2 Å². The predicted octanol–water partition coefficient (Wildman–Crippen LogP) is 1.65. The molecule has 0 fully saturated rings. The fourth-order valence-electron chi connectivity index (χ4n) is 1.86. The molecule has 16 heavy (non-hydrogen) atoms. The van der Waals surface area contributed by atoms with Gasteiger partial charge in [0.2, 0.25) is 0 Å². The minimum Gasteiger partial charge on any atom is -0.330 e. The van der Waals surface area contributed by atoms with Gasteiger partial charge in [-0.05, 0) is 61.5 Å². The Balaban J connectivity index is 2.70. The molecule has 1 aromatic carbocycles. The van der Waals surface area contributed by atoms with Gasteiger partial charge in [-0.3, -0.25) is 4.79 Å². The van der Waals surface area contributed by atoms with Gasteiger partial charge in [-0.2, -0.15) is 0 Å². The van der Waals surface area contributed by atoms with Crippen LogP contribution in [0.15, 0.2) is 23.0 Å². The van der Waals surface area contributed by atoms with Crippen LogP contribution in [0.5, 0.6) is 0 Å². The normalized spacial score (nSPS) is 10.9. The first-order valence-corrected chi connectivity index (χ1v) is 5.45. The number of aryl methyl sites for hydroxylation is 2. The van der Waals surface area contributed by atoms with E-state index in [0.717, 1.165) is 16.5 Å². The van der Waals surface area contributed by atoms with Gasteiger partial charge in [0, 0.05) is 11.1 Å². The van der Waals surface area contributed by atoms with Crippen LogP contribution in [0.25, 0.3) is 10.9 Å². The first-order valence-electron chi connectivity index (χ1n) is 5.45. The minimum absolute atomic E-state index is 0.0267. The second kappa shape index (κ2) is 4.10. The van der Waals surface area contributed by atoms with E-state index >= 15 is 0 Å². The van der Waals surface area contributed by atoms with Crippen LogP contribution in [0, 0.1) is 13.8 Å². The monoisotopic (exact) mass is 216 g/mol. The van der Waals surface area contributed by atoms with Crippen LogP contribution in [0.2, 0.25) is 0 Å². The van der Waals surface area contributed by atoms with Crippen molar-refractivity contribution < 1.29 is 0 Å². The van der Waals surface area contributed by atoms with E-state index in [-0.39, 0.29) is 5.56 Å². The maximum Gasteiger partial charge on any atom is 0.251 e. The summed E-state index contributed by atoms with van der Waals surface area (Å²) in [5.74, 6) is 0. The molecule has 3 heteroatoms. The van der Waals surface area contributed by atoms with Crippen LogP contribution in [0.4, 0.5) is 0 Å². The third-order valence-corrected chi connectivity index (χ3v) is 2.95. The number of aromatic nitrogens is 1. The smallest absolute Gasteiger partial charge is 0.251 e. The molecule has 0 unspecified atom stereocenters. The lowest BCUT2D eigenvalue weighted by Crippen LogP contribution is -2.16. The van der Waals surface area contributed by atoms with Crippen molar-refractivity contribution in [3.8, 4) is 0 Å². The molecule has 0 saturated carbocycles. The molecule has 84 valence electrons. The average molecular weight is 216 g/mol. The van der Waals surface area contributed by atoms with Gasteiger partial charge < -0.3 is 10.7 Å². The number of pyridine rings is 1. The average Bonchev–Trinajstić information content (AvgIpc) is 2.23. The molecule has 0 spiro atoms. The second-order valence-electron chi connectivity index (χ2n) is 4.19. The molecule has 2 aromatic rings. The zero-order valence-electron chi connectivity index (χ0n) is 9.63. The highest BCUT2D eigenvalue weighted by Gasteiger charge is 2.03. The SMILES string of the molecule is Cc1cc2cc(CCN)c(=O)[nH]c2cc1C. The number of aromatic amines is 1. The summed E-state index contributed by atoms with van der Waals surface area (Å²) >= 11 is 0. The van der Waals surface area contributed by atoms with E-state index in [1.165, 1.54) is 11.1 Å². The zero-order chi connectivity index (χ0) is 11.7. The summed E-state index contributed by atoms with van der Waals surface area (Å²) in [5, 5.41) is 1.08. The van der Waals surface area contributed by atoms with Gasteiger partial charge in [-0.1, -0.05) is 0 Å². The van der Waals surface area contributed by atoms with Gasteiger partial charge in [0.1, 0.15) is 0 Å². The Morgan fingerprint density at radius 1 is 1.19 bits per heavy atom. The summed E-state index contributed by atoms with van der Waals surface area (Å²) in [6.45, 7) is 4.61. The topological polar surface area (TPSA) is 58.9 Å². The molecule has 3 N–H and O–H groups in total. The van der Waals surface area contributed by atoms with E-state index in [4.69, 9.17) is 5.73 Å². The van der Waals surface area contributed by atoms with Crippen LogP contribution in [-0.4, -0.2) is 11.5 Å². The second-order valence-corrected chi connectivity index (χ2v) is 4.19. The van der Waals surface area contributed by atoms with Crippen molar-refractivity contribution >= 4 is 10.9 Å². The molecule has 0 amide bonds. The van der Waals surface area contributed by atoms with Crippen molar-refractivity contribution in [2.75, 3.05) is 6.54 Å². The minimum atomic E-state index is -0.0267. The fourth-order valence-corrected chi connectivity index (χ4v) is 1.86. The van der Waals surface area contributed by atoms with Crippen molar-refractivity contribution in [3.63, 3.8) is 0 Å². The first kappa shape index (κ1) is 10.9. The zero-order valence-corrected chi connectivity index (χ0v) is 9.63. The van der Waals surface area contributed by atoms with Crippen LogP contribution >= 0.6 is 0 Å². The van der Waals surface area contributed by atoms with Crippen LogP contribution in [0.3, 0.4) is 0 Å². The molecule has 0 atom stereocenters. The fraction of sp³-hybridized carbons (Fsp3) is 0.308. The molecule has 0 aliphatic carbocycles. The van der Waals surface area contributed by atoms with Gasteiger partial charge >= 0.3 is 0 Å². The number of hydrogen-bond acceptors (Lipinski definition) is 2. The molecule has 3 nitrogen and oxygen atoms in total. The van der Waals surface area contributed by atoms with Crippen molar-refractivity contribution in [2.24, 2.45) is 5.73 Å². The summed E-state index contributed by atoms with van der Waals surface area (Å²) in [5.41, 5.74) is 9.53. The lowest BCUT2D eigenvalue weighted by molar-refractivity contribution is 0.949. The molecular weight excluding hydrogens is 200 g/mol. The van der Waals surface area contributed by atoms with Gasteiger partial charge in [0.05, 0.1) is 0 Å². The van der Waals surface area contributed by atoms with Gasteiger partial charge in [-0.15, -0.1) is 0 Å². The van der Waals surface area contributed by atoms with Gasteiger partial charge in [-0.25, -0.2) is 0 Å². The van der Waals surface area contributed by atoms with E-state index in [0.29, 0.717) is 13.0 Å². The number of hydrogen-bond donors (Lipinski definition) is 2. The molecule has 1 heterocycles. The van der Waals surface area contributed by atoms with Gasteiger partial charge in [0.25, 0.3) is 5.56 Å². The van der Waals surface area contributed by atoms with Gasteiger partial charge in [0.15, 0.2) is 0 Å². The molecule has 0 saturated heterocycles. The summed E-state index contributed by atoms with van der Waals surface area (Å²) in [7, 11) is 0. The molecule has 2 rings (SSSR count). The van der Waals surface area contributed by atoms with E-state index < -0.39 is 0 Å². The number of fused-ring (bicyclic) bond motifs is 1. The van der Waals surface area contributed by atoms with Crippen molar-refractivity contribution in [1.82, 2.24) is 4.98 Å². The Morgan fingerprint density at radius 3 is 2.56 bits per heavy atom.